The number of hydrogen-bond acceptors (Lipinski definition) is 6. The highest BCUT2D eigenvalue weighted by atomic mass is 32.1. The molecule has 0 N–H and O–H groups in total. The van der Waals surface area contributed by atoms with Gasteiger partial charge in [-0.05, 0) is 43.5 Å². The first-order valence-corrected chi connectivity index (χ1v) is 9.23. The van der Waals surface area contributed by atoms with Crippen LogP contribution in [0.1, 0.15) is 36.1 Å². The number of nitrogens with zero attached hydrogens (tertiary/aromatic N) is 3. The highest BCUT2D eigenvalue weighted by Crippen LogP contribution is 2.35. The number of carbonyl (C=O) groups excluding carboxylic acids is 1. The van der Waals surface area contributed by atoms with Crippen LogP contribution in [0.4, 0.5) is 0 Å². The Hall–Kier alpha value is -2.41. The predicted molar refractivity (Wildman–Crippen MR) is 94.7 cm³/mol. The molecule has 2 aromatic heterocycles. The van der Waals surface area contributed by atoms with E-state index in [0.717, 1.165) is 41.0 Å². The van der Waals surface area contributed by atoms with Gasteiger partial charge >= 0.3 is 0 Å². The summed E-state index contributed by atoms with van der Waals surface area (Å²) in [6, 6.07) is 9.79. The van der Waals surface area contributed by atoms with Crippen molar-refractivity contribution in [1.82, 2.24) is 15.0 Å². The van der Waals surface area contributed by atoms with Crippen molar-refractivity contribution in [2.75, 3.05) is 13.2 Å². The lowest BCUT2D eigenvalue weighted by molar-refractivity contribution is -0.137. The van der Waals surface area contributed by atoms with Gasteiger partial charge in [0.25, 0.3) is 11.8 Å². The summed E-state index contributed by atoms with van der Waals surface area (Å²) in [5, 5.41) is 4.77. The van der Waals surface area contributed by atoms with Crippen LogP contribution < -0.4 is 4.74 Å². The maximum Gasteiger partial charge on any atom is 0.261 e. The van der Waals surface area contributed by atoms with Gasteiger partial charge in [-0.2, -0.15) is 0 Å². The minimum absolute atomic E-state index is 0.0290. The molecule has 3 heterocycles. The summed E-state index contributed by atoms with van der Waals surface area (Å²) in [5.74, 6) is 0.969. The summed E-state index contributed by atoms with van der Waals surface area (Å²) in [5.41, 5.74) is 0.995. The van der Waals surface area contributed by atoms with E-state index < -0.39 is 0 Å². The van der Waals surface area contributed by atoms with E-state index in [2.05, 4.69) is 11.2 Å². The number of ether oxygens (including phenoxy) is 1. The molecule has 1 fully saturated rings. The number of fused-ring (bicyclic) bond motifs is 1. The fourth-order valence-corrected chi connectivity index (χ4v) is 4.26. The lowest BCUT2D eigenvalue weighted by Gasteiger charge is -2.34. The Morgan fingerprint density at radius 2 is 2.28 bits per heavy atom. The molecule has 0 aliphatic carbocycles. The largest absolute Gasteiger partial charge is 0.465 e. The SMILES string of the molecule is Cc1cc(OCC(=O)N2CCCCC2c2nc3ccccc3s2)no1. The minimum Gasteiger partial charge on any atom is -0.465 e. The average molecular weight is 357 g/mol. The second-order valence-electron chi connectivity index (χ2n) is 6.18. The summed E-state index contributed by atoms with van der Waals surface area (Å²) in [7, 11) is 0. The number of likely N-dealkylation sites (tertiary alicyclic amines) is 1. The van der Waals surface area contributed by atoms with Crippen LogP contribution in [-0.2, 0) is 4.79 Å². The number of thiazole rings is 1. The van der Waals surface area contributed by atoms with Gasteiger partial charge < -0.3 is 14.2 Å². The van der Waals surface area contributed by atoms with Crippen LogP contribution in [0, 0.1) is 6.92 Å². The third-order valence-electron chi connectivity index (χ3n) is 4.37. The molecule has 1 unspecified atom stereocenters. The lowest BCUT2D eigenvalue weighted by Crippen LogP contribution is -2.41. The Kier molecular flexibility index (Phi) is 4.40. The van der Waals surface area contributed by atoms with E-state index in [4.69, 9.17) is 14.2 Å². The first-order chi connectivity index (χ1) is 12.2. The molecule has 0 radical (unpaired) electrons. The Labute approximate surface area is 149 Å². The summed E-state index contributed by atoms with van der Waals surface area (Å²) in [6.45, 7) is 2.49. The third-order valence-corrected chi connectivity index (χ3v) is 5.51. The molecule has 25 heavy (non-hydrogen) atoms. The predicted octanol–water partition coefficient (Wildman–Crippen LogP) is 3.73. The molecule has 0 saturated carbocycles. The molecule has 1 aliphatic heterocycles. The Morgan fingerprint density at radius 1 is 1.40 bits per heavy atom. The van der Waals surface area contributed by atoms with E-state index in [-0.39, 0.29) is 18.6 Å². The fourth-order valence-electron chi connectivity index (χ4n) is 3.15. The molecule has 1 amide bonds. The highest BCUT2D eigenvalue weighted by Gasteiger charge is 2.30. The topological polar surface area (TPSA) is 68.5 Å². The average Bonchev–Trinajstić information content (AvgIpc) is 3.25. The minimum atomic E-state index is -0.0374. The number of piperidine rings is 1. The zero-order valence-corrected chi connectivity index (χ0v) is 14.8. The fraction of sp³-hybridized carbons (Fsp3) is 0.389. The monoisotopic (exact) mass is 357 g/mol. The molecule has 130 valence electrons. The van der Waals surface area contributed by atoms with Gasteiger partial charge in [0.05, 0.1) is 16.3 Å². The van der Waals surface area contributed by atoms with Crippen molar-refractivity contribution in [2.24, 2.45) is 0 Å². The molecule has 0 spiro atoms. The molecule has 1 aliphatic rings. The summed E-state index contributed by atoms with van der Waals surface area (Å²) >= 11 is 1.67. The second-order valence-corrected chi connectivity index (χ2v) is 7.25. The number of carbonyl (C=O) groups is 1. The van der Waals surface area contributed by atoms with Crippen molar-refractivity contribution < 1.29 is 14.1 Å². The number of rotatable bonds is 4. The third kappa shape index (κ3) is 3.37. The first-order valence-electron chi connectivity index (χ1n) is 8.42. The number of aryl methyl sites for hydroxylation is 1. The second kappa shape index (κ2) is 6.84. The maximum atomic E-state index is 12.7. The smallest absolute Gasteiger partial charge is 0.261 e. The number of para-hydroxylation sites is 1. The first kappa shape index (κ1) is 16.1. The van der Waals surface area contributed by atoms with Gasteiger partial charge in [0.2, 0.25) is 0 Å². The quantitative estimate of drug-likeness (QED) is 0.712. The maximum absolute atomic E-state index is 12.7. The Morgan fingerprint density at radius 3 is 3.08 bits per heavy atom. The van der Waals surface area contributed by atoms with Crippen molar-refractivity contribution in [3.63, 3.8) is 0 Å². The number of aromatic nitrogens is 2. The van der Waals surface area contributed by atoms with Crippen LogP contribution in [0.5, 0.6) is 5.88 Å². The molecule has 1 atom stereocenters. The van der Waals surface area contributed by atoms with Crippen LogP contribution >= 0.6 is 11.3 Å². The van der Waals surface area contributed by atoms with Crippen molar-refractivity contribution in [1.29, 1.82) is 0 Å². The van der Waals surface area contributed by atoms with Crippen LogP contribution in [0.3, 0.4) is 0 Å². The van der Waals surface area contributed by atoms with E-state index in [1.165, 1.54) is 0 Å². The van der Waals surface area contributed by atoms with E-state index in [0.29, 0.717) is 11.6 Å². The van der Waals surface area contributed by atoms with Crippen molar-refractivity contribution in [3.05, 3.63) is 41.1 Å². The molecule has 7 heteroatoms. The highest BCUT2D eigenvalue weighted by molar-refractivity contribution is 7.18. The Bertz CT molecular complexity index is 855. The molecule has 0 bridgehead atoms. The van der Waals surface area contributed by atoms with Gasteiger partial charge in [0.1, 0.15) is 10.8 Å². The van der Waals surface area contributed by atoms with E-state index >= 15 is 0 Å². The lowest BCUT2D eigenvalue weighted by atomic mass is 10.0. The molecule has 1 saturated heterocycles. The van der Waals surface area contributed by atoms with Crippen molar-refractivity contribution >= 4 is 27.5 Å². The number of amides is 1. The normalized spacial score (nSPS) is 17.8. The van der Waals surface area contributed by atoms with Gasteiger partial charge in [-0.3, -0.25) is 4.79 Å². The standard InChI is InChI=1S/C18H19N3O3S/c1-12-10-16(20-24-12)23-11-17(22)21-9-5-4-7-14(21)18-19-13-6-2-3-8-15(13)25-18/h2-3,6,8,10,14H,4-5,7,9,11H2,1H3. The summed E-state index contributed by atoms with van der Waals surface area (Å²) in [4.78, 5) is 19.3. The van der Waals surface area contributed by atoms with Gasteiger partial charge in [0, 0.05) is 12.6 Å². The van der Waals surface area contributed by atoms with E-state index in [1.807, 2.05) is 23.1 Å². The molecule has 6 nitrogen and oxygen atoms in total. The molecule has 3 aromatic rings. The zero-order chi connectivity index (χ0) is 17.2. The van der Waals surface area contributed by atoms with Crippen LogP contribution in [0.25, 0.3) is 10.2 Å². The van der Waals surface area contributed by atoms with Gasteiger partial charge in [-0.25, -0.2) is 4.98 Å². The Balaban J connectivity index is 1.50. The van der Waals surface area contributed by atoms with Gasteiger partial charge in [0.15, 0.2) is 6.61 Å². The molecule has 1 aromatic carbocycles. The van der Waals surface area contributed by atoms with Crippen LogP contribution in [0.2, 0.25) is 0 Å². The van der Waals surface area contributed by atoms with E-state index in [9.17, 15) is 4.79 Å². The molecular weight excluding hydrogens is 338 g/mol. The van der Waals surface area contributed by atoms with Crippen LogP contribution in [0.15, 0.2) is 34.9 Å². The van der Waals surface area contributed by atoms with E-state index in [1.54, 1.807) is 24.3 Å². The molecular formula is C18H19N3O3S. The van der Waals surface area contributed by atoms with Crippen molar-refractivity contribution in [2.45, 2.75) is 32.2 Å². The molecule has 4 rings (SSSR count). The van der Waals surface area contributed by atoms with Gasteiger partial charge in [-0.1, -0.05) is 12.1 Å². The summed E-state index contributed by atoms with van der Waals surface area (Å²) in [6.07, 6.45) is 3.05. The van der Waals surface area contributed by atoms with Crippen molar-refractivity contribution in [3.8, 4) is 5.88 Å². The van der Waals surface area contributed by atoms with Crippen LogP contribution in [-0.4, -0.2) is 34.1 Å². The summed E-state index contributed by atoms with van der Waals surface area (Å²) < 4.78 is 11.6. The van der Waals surface area contributed by atoms with Gasteiger partial charge in [-0.15, -0.1) is 11.3 Å². The number of hydrogen-bond donors (Lipinski definition) is 0. The zero-order valence-electron chi connectivity index (χ0n) is 14.0. The number of benzene rings is 1.